The van der Waals surface area contributed by atoms with E-state index in [1.165, 1.54) is 24.1 Å². The van der Waals surface area contributed by atoms with Crippen molar-refractivity contribution in [3.05, 3.63) is 33.9 Å². The van der Waals surface area contributed by atoms with Crippen molar-refractivity contribution >= 4 is 28.7 Å². The van der Waals surface area contributed by atoms with Gasteiger partial charge in [0.25, 0.3) is 10.9 Å². The third-order valence-corrected chi connectivity index (χ3v) is 3.26. The monoisotopic (exact) mass is 284 g/mol. The largest absolute Gasteiger partial charge is 0.465 e. The second-order valence-electron chi connectivity index (χ2n) is 3.69. The number of carbonyl (C=O) groups excluding carboxylic acids is 2. The molecule has 7 nitrogen and oxygen atoms in total. The maximum atomic E-state index is 11.6. The van der Waals surface area contributed by atoms with E-state index in [1.807, 2.05) is 0 Å². The Morgan fingerprint density at radius 3 is 2.47 bits per heavy atom. The Labute approximate surface area is 113 Å². The number of methoxy groups -OCH3 is 1. The van der Waals surface area contributed by atoms with Gasteiger partial charge in [0.1, 0.15) is 0 Å². The molecule has 0 unspecified atom stereocenters. The minimum Gasteiger partial charge on any atom is -0.465 e. The molecule has 0 aliphatic carbocycles. The first-order chi connectivity index (χ1) is 8.86. The molecule has 0 N–H and O–H groups in total. The Morgan fingerprint density at radius 1 is 1.37 bits per heavy atom. The molecule has 0 aromatic heterocycles. The molecular formula is C11H12N2O5S. The van der Waals surface area contributed by atoms with E-state index in [-0.39, 0.29) is 16.5 Å². The zero-order chi connectivity index (χ0) is 14.6. The zero-order valence-corrected chi connectivity index (χ0v) is 11.4. The molecule has 0 fully saturated rings. The van der Waals surface area contributed by atoms with Crippen LogP contribution in [0.25, 0.3) is 0 Å². The predicted molar refractivity (Wildman–Crippen MR) is 69.4 cm³/mol. The smallest absolute Gasteiger partial charge is 0.339 e. The topological polar surface area (TPSA) is 89.7 Å². The molecule has 0 atom stereocenters. The summed E-state index contributed by atoms with van der Waals surface area (Å²) in [4.78, 5) is 34.9. The van der Waals surface area contributed by atoms with Crippen molar-refractivity contribution in [2.24, 2.45) is 0 Å². The number of non-ortho nitro benzene ring substituents is 1. The van der Waals surface area contributed by atoms with Crippen molar-refractivity contribution in [3.63, 3.8) is 0 Å². The highest BCUT2D eigenvalue weighted by atomic mass is 32.2. The molecule has 8 heteroatoms. The van der Waals surface area contributed by atoms with Gasteiger partial charge in [0, 0.05) is 31.1 Å². The van der Waals surface area contributed by atoms with Gasteiger partial charge in [0.05, 0.1) is 17.6 Å². The van der Waals surface area contributed by atoms with Gasteiger partial charge in [0.2, 0.25) is 0 Å². The van der Waals surface area contributed by atoms with Gasteiger partial charge in [-0.1, -0.05) is 0 Å². The van der Waals surface area contributed by atoms with Crippen molar-refractivity contribution in [3.8, 4) is 0 Å². The summed E-state index contributed by atoms with van der Waals surface area (Å²) in [5.74, 6) is -0.724. The minimum atomic E-state index is -0.724. The van der Waals surface area contributed by atoms with Crippen molar-refractivity contribution < 1.29 is 19.2 Å². The van der Waals surface area contributed by atoms with Crippen LogP contribution in [0.3, 0.4) is 0 Å². The molecule has 19 heavy (non-hydrogen) atoms. The van der Waals surface area contributed by atoms with Crippen LogP contribution in [0.5, 0.6) is 0 Å². The quantitative estimate of drug-likeness (QED) is 0.365. The van der Waals surface area contributed by atoms with Crippen LogP contribution < -0.4 is 0 Å². The van der Waals surface area contributed by atoms with Gasteiger partial charge in [-0.2, -0.15) is 0 Å². The van der Waals surface area contributed by atoms with Gasteiger partial charge in [-0.3, -0.25) is 14.9 Å². The Balaban J connectivity index is 3.20. The van der Waals surface area contributed by atoms with E-state index >= 15 is 0 Å². The molecular weight excluding hydrogens is 272 g/mol. The number of thioether (sulfide) groups is 1. The molecule has 0 saturated carbocycles. The number of nitro groups is 1. The molecule has 0 saturated heterocycles. The highest BCUT2D eigenvalue weighted by molar-refractivity contribution is 8.13. The van der Waals surface area contributed by atoms with Crippen LogP contribution in [0.4, 0.5) is 10.5 Å². The van der Waals surface area contributed by atoms with Gasteiger partial charge in [-0.05, 0) is 17.8 Å². The van der Waals surface area contributed by atoms with Gasteiger partial charge >= 0.3 is 5.97 Å². The number of ether oxygens (including phenoxy) is 1. The number of esters is 1. The summed E-state index contributed by atoms with van der Waals surface area (Å²) in [5, 5.41) is 10.4. The van der Waals surface area contributed by atoms with E-state index in [2.05, 4.69) is 4.74 Å². The van der Waals surface area contributed by atoms with Crippen molar-refractivity contribution in [1.82, 2.24) is 4.90 Å². The Kier molecular flexibility index (Phi) is 4.87. The van der Waals surface area contributed by atoms with Gasteiger partial charge < -0.3 is 9.64 Å². The maximum absolute atomic E-state index is 11.6. The van der Waals surface area contributed by atoms with Crippen LogP contribution in [-0.4, -0.2) is 42.2 Å². The number of nitrogens with zero attached hydrogens (tertiary/aromatic N) is 2. The molecule has 0 radical (unpaired) electrons. The fourth-order valence-corrected chi connectivity index (χ4v) is 1.93. The summed E-state index contributed by atoms with van der Waals surface area (Å²) >= 11 is 0.806. The summed E-state index contributed by atoms with van der Waals surface area (Å²) in [7, 11) is 4.31. The fourth-order valence-electron chi connectivity index (χ4n) is 1.18. The molecule has 102 valence electrons. The first-order valence-corrected chi connectivity index (χ1v) is 5.94. The molecule has 0 heterocycles. The molecule has 1 rings (SSSR count). The Morgan fingerprint density at radius 2 is 2.00 bits per heavy atom. The molecule has 0 aliphatic rings. The van der Waals surface area contributed by atoms with Crippen LogP contribution in [0.15, 0.2) is 23.1 Å². The van der Waals surface area contributed by atoms with Gasteiger partial charge in [-0.25, -0.2) is 4.79 Å². The van der Waals surface area contributed by atoms with Crippen LogP contribution in [-0.2, 0) is 4.74 Å². The second-order valence-corrected chi connectivity index (χ2v) is 4.68. The average Bonchev–Trinajstić information content (AvgIpc) is 2.37. The molecule has 1 amide bonds. The molecule has 0 bridgehead atoms. The van der Waals surface area contributed by atoms with E-state index in [4.69, 9.17) is 0 Å². The van der Waals surface area contributed by atoms with Crippen LogP contribution in [0.1, 0.15) is 10.4 Å². The van der Waals surface area contributed by atoms with Gasteiger partial charge in [0.15, 0.2) is 0 Å². The standard InChI is InChI=1S/C11H12N2O5S/c1-12(2)11(15)19-9-5-4-7(13(16)17)6-8(9)10(14)18-3/h4-6H,1-3H3. The van der Waals surface area contributed by atoms with E-state index in [9.17, 15) is 19.7 Å². The van der Waals surface area contributed by atoms with E-state index in [0.717, 1.165) is 17.8 Å². The lowest BCUT2D eigenvalue weighted by Gasteiger charge is -2.11. The predicted octanol–water partition coefficient (Wildman–Crippen LogP) is 2.16. The third kappa shape index (κ3) is 3.68. The summed E-state index contributed by atoms with van der Waals surface area (Å²) in [5.41, 5.74) is -0.237. The second kappa shape index (κ2) is 6.19. The van der Waals surface area contributed by atoms with Crippen molar-refractivity contribution in [2.75, 3.05) is 21.2 Å². The SMILES string of the molecule is COC(=O)c1cc([N+](=O)[O-])ccc1SC(=O)N(C)C. The lowest BCUT2D eigenvalue weighted by atomic mass is 10.2. The highest BCUT2D eigenvalue weighted by Crippen LogP contribution is 2.28. The lowest BCUT2D eigenvalue weighted by Crippen LogP contribution is -2.16. The molecule has 1 aromatic rings. The minimum absolute atomic E-state index is 0.00287. The van der Waals surface area contributed by atoms with Gasteiger partial charge in [-0.15, -0.1) is 0 Å². The number of benzene rings is 1. The maximum Gasteiger partial charge on any atom is 0.339 e. The molecule has 0 spiro atoms. The summed E-state index contributed by atoms with van der Waals surface area (Å²) in [6.07, 6.45) is 0. The first kappa shape index (κ1) is 15.0. The molecule has 0 aliphatic heterocycles. The number of hydrogen-bond acceptors (Lipinski definition) is 6. The number of amides is 1. The van der Waals surface area contributed by atoms with E-state index < -0.39 is 10.9 Å². The van der Waals surface area contributed by atoms with Crippen LogP contribution in [0, 0.1) is 10.1 Å². The lowest BCUT2D eigenvalue weighted by molar-refractivity contribution is -0.384. The summed E-state index contributed by atoms with van der Waals surface area (Å²) in [6.45, 7) is 0. The number of nitro benzene ring substituents is 1. The van der Waals surface area contributed by atoms with Crippen LogP contribution in [0.2, 0.25) is 0 Å². The van der Waals surface area contributed by atoms with Crippen LogP contribution >= 0.6 is 11.8 Å². The Hall–Kier alpha value is -2.09. The number of carbonyl (C=O) groups is 2. The van der Waals surface area contributed by atoms with E-state index in [1.54, 1.807) is 14.1 Å². The molecule has 1 aromatic carbocycles. The highest BCUT2D eigenvalue weighted by Gasteiger charge is 2.20. The van der Waals surface area contributed by atoms with Crippen molar-refractivity contribution in [1.29, 1.82) is 0 Å². The normalized spacial score (nSPS) is 9.84. The summed E-state index contributed by atoms with van der Waals surface area (Å²) < 4.78 is 4.55. The van der Waals surface area contributed by atoms with E-state index in [0.29, 0.717) is 4.90 Å². The van der Waals surface area contributed by atoms with Crippen molar-refractivity contribution in [2.45, 2.75) is 4.90 Å². The first-order valence-electron chi connectivity index (χ1n) is 5.12. The fraction of sp³-hybridized carbons (Fsp3) is 0.273. The summed E-state index contributed by atoms with van der Waals surface area (Å²) in [6, 6.07) is 3.69. The average molecular weight is 284 g/mol. The number of hydrogen-bond donors (Lipinski definition) is 0. The zero-order valence-electron chi connectivity index (χ0n) is 10.6. The Bertz CT molecular complexity index is 530. The number of rotatable bonds is 3. The third-order valence-electron chi connectivity index (χ3n) is 2.14.